The van der Waals surface area contributed by atoms with Crippen LogP contribution in [0.25, 0.3) is 0 Å². The molecule has 0 fully saturated rings. The van der Waals surface area contributed by atoms with Crippen LogP contribution in [0.2, 0.25) is 0 Å². The molecule has 0 aliphatic carbocycles. The van der Waals surface area contributed by atoms with E-state index < -0.39 is 0 Å². The van der Waals surface area contributed by atoms with Crippen molar-refractivity contribution in [3.63, 3.8) is 0 Å². The monoisotopic (exact) mass is 285 g/mol. The molecule has 0 radical (unpaired) electrons. The first-order valence-corrected chi connectivity index (χ1v) is 7.78. The lowest BCUT2D eigenvalue weighted by atomic mass is 10.2. The van der Waals surface area contributed by atoms with Gasteiger partial charge in [0.25, 0.3) is 0 Å². The fourth-order valence-electron chi connectivity index (χ4n) is 1.87. The van der Waals surface area contributed by atoms with E-state index in [1.807, 2.05) is 48.5 Å². The fraction of sp³-hybridized carbons (Fsp3) is 0.235. The Morgan fingerprint density at radius 3 is 2.30 bits per heavy atom. The average Bonchev–Trinajstić information content (AvgIpc) is 2.52. The molecule has 0 heterocycles. The number of thioether (sulfide) groups is 1. The lowest BCUT2D eigenvalue weighted by Crippen LogP contribution is -2.24. The van der Waals surface area contributed by atoms with E-state index in [1.54, 1.807) is 11.8 Å². The van der Waals surface area contributed by atoms with Gasteiger partial charge in [-0.25, -0.2) is 0 Å². The topological polar surface area (TPSA) is 29.1 Å². The molecule has 2 aromatic carbocycles. The van der Waals surface area contributed by atoms with Gasteiger partial charge in [-0.15, -0.1) is 11.8 Å². The highest BCUT2D eigenvalue weighted by Crippen LogP contribution is 2.27. The quantitative estimate of drug-likeness (QED) is 0.874. The molecule has 0 aliphatic rings. The molecule has 1 unspecified atom stereocenters. The Hall–Kier alpha value is -1.74. The fourth-order valence-corrected chi connectivity index (χ4v) is 2.72. The first kappa shape index (κ1) is 14.7. The molecule has 20 heavy (non-hydrogen) atoms. The van der Waals surface area contributed by atoms with Crippen molar-refractivity contribution in [3.8, 4) is 0 Å². The Labute approximate surface area is 124 Å². The van der Waals surface area contributed by atoms with Crippen molar-refractivity contribution in [3.05, 3.63) is 71.8 Å². The van der Waals surface area contributed by atoms with Crippen molar-refractivity contribution < 1.29 is 4.79 Å². The zero-order chi connectivity index (χ0) is 14.2. The van der Waals surface area contributed by atoms with Gasteiger partial charge in [-0.2, -0.15) is 0 Å². The number of rotatable bonds is 6. The summed E-state index contributed by atoms with van der Waals surface area (Å²) >= 11 is 1.66. The molecule has 0 saturated heterocycles. The van der Waals surface area contributed by atoms with E-state index in [0.717, 1.165) is 5.56 Å². The van der Waals surface area contributed by atoms with Gasteiger partial charge in [0.2, 0.25) is 5.91 Å². The van der Waals surface area contributed by atoms with E-state index in [2.05, 4.69) is 24.4 Å². The third-order valence-corrected chi connectivity index (χ3v) is 4.27. The molecule has 1 atom stereocenters. The predicted molar refractivity (Wildman–Crippen MR) is 85.6 cm³/mol. The second-order valence-electron chi connectivity index (χ2n) is 4.63. The van der Waals surface area contributed by atoms with Crippen LogP contribution in [0.15, 0.2) is 60.7 Å². The summed E-state index contributed by atoms with van der Waals surface area (Å²) in [7, 11) is 0. The number of nitrogens with one attached hydrogen (secondary N) is 1. The van der Waals surface area contributed by atoms with Crippen LogP contribution in [0.1, 0.15) is 23.3 Å². The molecule has 2 rings (SSSR count). The SMILES string of the molecule is CC(SCC(=O)NCc1ccccc1)c1ccccc1. The van der Waals surface area contributed by atoms with Crippen LogP contribution in [-0.4, -0.2) is 11.7 Å². The normalized spacial score (nSPS) is 11.8. The number of hydrogen-bond donors (Lipinski definition) is 1. The average molecular weight is 285 g/mol. The van der Waals surface area contributed by atoms with Crippen molar-refractivity contribution in [2.24, 2.45) is 0 Å². The molecule has 2 aromatic rings. The summed E-state index contributed by atoms with van der Waals surface area (Å²) in [5.74, 6) is 0.574. The van der Waals surface area contributed by atoms with Gasteiger partial charge < -0.3 is 5.32 Å². The van der Waals surface area contributed by atoms with E-state index in [4.69, 9.17) is 0 Å². The molecule has 0 bridgehead atoms. The summed E-state index contributed by atoms with van der Waals surface area (Å²) in [6.07, 6.45) is 0. The largest absolute Gasteiger partial charge is 0.351 e. The van der Waals surface area contributed by atoms with Crippen LogP contribution in [-0.2, 0) is 11.3 Å². The molecule has 3 heteroatoms. The third kappa shape index (κ3) is 4.74. The van der Waals surface area contributed by atoms with Crippen LogP contribution < -0.4 is 5.32 Å². The molecular weight excluding hydrogens is 266 g/mol. The minimum absolute atomic E-state index is 0.0848. The standard InChI is InChI=1S/C17H19NOS/c1-14(16-10-6-3-7-11-16)20-13-17(19)18-12-15-8-4-2-5-9-15/h2-11,14H,12-13H2,1H3,(H,18,19). The lowest BCUT2D eigenvalue weighted by Gasteiger charge is -2.11. The van der Waals surface area contributed by atoms with E-state index in [0.29, 0.717) is 17.5 Å². The second kappa shape index (κ2) is 7.75. The van der Waals surface area contributed by atoms with Crippen molar-refractivity contribution in [1.82, 2.24) is 5.32 Å². The molecule has 0 aliphatic heterocycles. The molecule has 0 spiro atoms. The molecule has 104 valence electrons. The maximum absolute atomic E-state index is 11.8. The highest BCUT2D eigenvalue weighted by molar-refractivity contribution is 8.00. The van der Waals surface area contributed by atoms with Crippen molar-refractivity contribution in [2.75, 3.05) is 5.75 Å². The van der Waals surface area contributed by atoms with E-state index >= 15 is 0 Å². The van der Waals surface area contributed by atoms with Crippen molar-refractivity contribution in [2.45, 2.75) is 18.7 Å². The Bertz CT molecular complexity index is 527. The number of benzene rings is 2. The Morgan fingerprint density at radius 2 is 1.65 bits per heavy atom. The summed E-state index contributed by atoms with van der Waals surface area (Å²) < 4.78 is 0. The van der Waals surface area contributed by atoms with E-state index in [1.165, 1.54) is 5.56 Å². The molecule has 1 N–H and O–H groups in total. The Balaban J connectivity index is 1.73. The Morgan fingerprint density at radius 1 is 1.05 bits per heavy atom. The van der Waals surface area contributed by atoms with Crippen molar-refractivity contribution in [1.29, 1.82) is 0 Å². The summed E-state index contributed by atoms with van der Waals surface area (Å²) in [6.45, 7) is 2.73. The van der Waals surface area contributed by atoms with Crippen LogP contribution >= 0.6 is 11.8 Å². The zero-order valence-corrected chi connectivity index (χ0v) is 12.4. The highest BCUT2D eigenvalue weighted by Gasteiger charge is 2.08. The number of amides is 1. The van der Waals surface area contributed by atoms with Crippen LogP contribution in [0, 0.1) is 0 Å². The lowest BCUT2D eigenvalue weighted by molar-refractivity contribution is -0.118. The summed E-state index contributed by atoms with van der Waals surface area (Å²) in [6, 6.07) is 20.2. The minimum atomic E-state index is 0.0848. The zero-order valence-electron chi connectivity index (χ0n) is 11.6. The second-order valence-corrected chi connectivity index (χ2v) is 5.96. The highest BCUT2D eigenvalue weighted by atomic mass is 32.2. The van der Waals surface area contributed by atoms with Gasteiger partial charge in [-0.1, -0.05) is 60.7 Å². The molecule has 2 nitrogen and oxygen atoms in total. The van der Waals surface area contributed by atoms with E-state index in [9.17, 15) is 4.79 Å². The van der Waals surface area contributed by atoms with Gasteiger partial charge in [-0.05, 0) is 18.1 Å². The third-order valence-electron chi connectivity index (χ3n) is 3.07. The summed E-state index contributed by atoms with van der Waals surface area (Å²) in [5, 5.41) is 3.28. The van der Waals surface area contributed by atoms with Gasteiger partial charge in [0.1, 0.15) is 0 Å². The van der Waals surface area contributed by atoms with Gasteiger partial charge in [0, 0.05) is 11.8 Å². The number of carbonyl (C=O) groups excluding carboxylic acids is 1. The molecular formula is C17H19NOS. The van der Waals surface area contributed by atoms with Gasteiger partial charge in [0.15, 0.2) is 0 Å². The maximum atomic E-state index is 11.8. The van der Waals surface area contributed by atoms with Crippen LogP contribution in [0.4, 0.5) is 0 Å². The van der Waals surface area contributed by atoms with E-state index in [-0.39, 0.29) is 5.91 Å². The first-order valence-electron chi connectivity index (χ1n) is 6.73. The molecule has 0 saturated carbocycles. The summed E-state index contributed by atoms with van der Waals surface area (Å²) in [5.41, 5.74) is 2.38. The van der Waals surface area contributed by atoms with Crippen LogP contribution in [0.3, 0.4) is 0 Å². The summed E-state index contributed by atoms with van der Waals surface area (Å²) in [4.78, 5) is 11.8. The van der Waals surface area contributed by atoms with Gasteiger partial charge in [0.05, 0.1) is 5.75 Å². The molecule has 0 aromatic heterocycles. The minimum Gasteiger partial charge on any atom is -0.351 e. The van der Waals surface area contributed by atoms with Gasteiger partial charge >= 0.3 is 0 Å². The molecule has 1 amide bonds. The Kier molecular flexibility index (Phi) is 5.69. The first-order chi connectivity index (χ1) is 9.75. The predicted octanol–water partition coefficient (Wildman–Crippen LogP) is 3.80. The van der Waals surface area contributed by atoms with Crippen molar-refractivity contribution >= 4 is 17.7 Å². The number of carbonyl (C=O) groups is 1. The smallest absolute Gasteiger partial charge is 0.230 e. The van der Waals surface area contributed by atoms with Crippen LogP contribution in [0.5, 0.6) is 0 Å². The maximum Gasteiger partial charge on any atom is 0.230 e. The van der Waals surface area contributed by atoms with Gasteiger partial charge in [-0.3, -0.25) is 4.79 Å². The number of hydrogen-bond acceptors (Lipinski definition) is 2.